The minimum absolute atomic E-state index is 0. The Hall–Kier alpha value is -0.320. The van der Waals surface area contributed by atoms with Gasteiger partial charge in [0.25, 0.3) is 0 Å². The molecule has 1 aliphatic heterocycles. The zero-order chi connectivity index (χ0) is 10.1. The van der Waals surface area contributed by atoms with E-state index in [9.17, 15) is 0 Å². The number of hydrogen-bond acceptors (Lipinski definition) is 3. The van der Waals surface area contributed by atoms with Gasteiger partial charge in [-0.2, -0.15) is 0 Å². The van der Waals surface area contributed by atoms with E-state index in [2.05, 4.69) is 23.8 Å². The summed E-state index contributed by atoms with van der Waals surface area (Å²) in [5, 5.41) is 0.758. The van der Waals surface area contributed by atoms with Crippen LogP contribution < -0.4 is 16.6 Å². The lowest BCUT2D eigenvalue weighted by molar-refractivity contribution is 0.546. The summed E-state index contributed by atoms with van der Waals surface area (Å²) >= 11 is 5.94. The molecule has 15 heavy (non-hydrogen) atoms. The number of rotatable bonds is 1. The molecule has 2 rings (SSSR count). The van der Waals surface area contributed by atoms with Gasteiger partial charge in [0, 0.05) is 17.0 Å². The molecule has 0 saturated carbocycles. The molecular weight excluding hydrogens is 233 g/mol. The first-order chi connectivity index (χ1) is 6.68. The zero-order valence-electron chi connectivity index (χ0n) is 8.41. The third-order valence-electron chi connectivity index (χ3n) is 2.64. The van der Waals surface area contributed by atoms with Crippen molar-refractivity contribution in [1.29, 1.82) is 0 Å². The number of nitrogens with one attached hydrogen (secondary N) is 2. The number of hydrazine groups is 1. The zero-order valence-corrected chi connectivity index (χ0v) is 9.98. The molecule has 1 aromatic carbocycles. The van der Waals surface area contributed by atoms with E-state index in [0.29, 0.717) is 6.04 Å². The van der Waals surface area contributed by atoms with E-state index in [4.69, 9.17) is 17.3 Å². The molecule has 0 aliphatic carbocycles. The van der Waals surface area contributed by atoms with E-state index in [-0.39, 0.29) is 24.5 Å². The lowest BCUT2D eigenvalue weighted by Gasteiger charge is -2.18. The first-order valence-corrected chi connectivity index (χ1v) is 5.08. The van der Waals surface area contributed by atoms with Gasteiger partial charge in [-0.05, 0) is 24.6 Å². The molecule has 0 bridgehead atoms. The summed E-state index contributed by atoms with van der Waals surface area (Å²) in [5.74, 6) is 0.272. The molecule has 3 unspecified atom stereocenters. The first-order valence-electron chi connectivity index (χ1n) is 4.70. The van der Waals surface area contributed by atoms with E-state index >= 15 is 0 Å². The Kier molecular flexibility index (Phi) is 4.37. The SMILES string of the molecule is CC1NNC(N)C1c1cccc(Cl)c1.Cl. The van der Waals surface area contributed by atoms with Crippen molar-refractivity contribution in [3.8, 4) is 0 Å². The molecule has 0 amide bonds. The maximum Gasteiger partial charge on any atom is 0.0764 e. The molecule has 3 atom stereocenters. The Labute approximate surface area is 101 Å². The molecule has 0 spiro atoms. The normalized spacial score (nSPS) is 29.9. The molecular formula is C10H15Cl2N3. The number of hydrogen-bond donors (Lipinski definition) is 3. The predicted octanol–water partition coefficient (Wildman–Crippen LogP) is 1.63. The van der Waals surface area contributed by atoms with Crippen LogP contribution in [0.4, 0.5) is 0 Å². The molecule has 1 saturated heterocycles. The third kappa shape index (κ3) is 2.62. The van der Waals surface area contributed by atoms with E-state index < -0.39 is 0 Å². The number of benzene rings is 1. The highest BCUT2D eigenvalue weighted by Crippen LogP contribution is 2.26. The molecule has 1 aliphatic rings. The summed E-state index contributed by atoms with van der Waals surface area (Å²) in [7, 11) is 0. The van der Waals surface area contributed by atoms with Crippen molar-refractivity contribution in [2.45, 2.75) is 25.0 Å². The largest absolute Gasteiger partial charge is 0.314 e. The molecule has 5 heteroatoms. The van der Waals surface area contributed by atoms with Crippen molar-refractivity contribution in [3.63, 3.8) is 0 Å². The van der Waals surface area contributed by atoms with Crippen LogP contribution in [-0.2, 0) is 0 Å². The van der Waals surface area contributed by atoms with E-state index in [1.54, 1.807) is 0 Å². The average molecular weight is 248 g/mol. The second-order valence-corrected chi connectivity index (χ2v) is 4.12. The van der Waals surface area contributed by atoms with E-state index in [0.717, 1.165) is 5.02 Å². The molecule has 3 nitrogen and oxygen atoms in total. The second kappa shape index (κ2) is 5.14. The lowest BCUT2D eigenvalue weighted by Crippen LogP contribution is -2.38. The van der Waals surface area contributed by atoms with Crippen LogP contribution in [0.2, 0.25) is 5.02 Å². The highest BCUT2D eigenvalue weighted by molar-refractivity contribution is 6.30. The van der Waals surface area contributed by atoms with Crippen LogP contribution in [0.25, 0.3) is 0 Å². The summed E-state index contributed by atoms with van der Waals surface area (Å²) in [5.41, 5.74) is 13.3. The molecule has 0 aromatic heterocycles. The van der Waals surface area contributed by atoms with Crippen molar-refractivity contribution in [3.05, 3.63) is 34.9 Å². The van der Waals surface area contributed by atoms with Crippen LogP contribution in [0.1, 0.15) is 18.4 Å². The highest BCUT2D eigenvalue weighted by atomic mass is 35.5. The van der Waals surface area contributed by atoms with Gasteiger partial charge in [0.1, 0.15) is 0 Å². The molecule has 1 heterocycles. The number of nitrogens with two attached hydrogens (primary N) is 1. The first kappa shape index (κ1) is 12.7. The average Bonchev–Trinajstić information content (AvgIpc) is 2.46. The topological polar surface area (TPSA) is 50.1 Å². The summed E-state index contributed by atoms with van der Waals surface area (Å²) < 4.78 is 0. The smallest absolute Gasteiger partial charge is 0.0764 e. The minimum atomic E-state index is -0.0523. The van der Waals surface area contributed by atoms with Crippen molar-refractivity contribution < 1.29 is 0 Å². The van der Waals surface area contributed by atoms with Crippen LogP contribution in [0.15, 0.2) is 24.3 Å². The van der Waals surface area contributed by atoms with Gasteiger partial charge in [0.2, 0.25) is 0 Å². The summed E-state index contributed by atoms with van der Waals surface area (Å²) in [4.78, 5) is 0. The fraction of sp³-hybridized carbons (Fsp3) is 0.400. The van der Waals surface area contributed by atoms with Crippen molar-refractivity contribution in [2.24, 2.45) is 5.73 Å². The minimum Gasteiger partial charge on any atom is -0.314 e. The van der Waals surface area contributed by atoms with E-state index in [1.165, 1.54) is 5.56 Å². The van der Waals surface area contributed by atoms with Gasteiger partial charge in [0.05, 0.1) is 6.17 Å². The fourth-order valence-corrected chi connectivity index (χ4v) is 2.13. The second-order valence-electron chi connectivity index (χ2n) is 3.68. The molecule has 4 N–H and O–H groups in total. The third-order valence-corrected chi connectivity index (χ3v) is 2.87. The predicted molar refractivity (Wildman–Crippen MR) is 65.1 cm³/mol. The molecule has 1 fully saturated rings. The Morgan fingerprint density at radius 2 is 2.07 bits per heavy atom. The molecule has 1 aromatic rings. The number of halogens is 2. The maximum absolute atomic E-state index is 5.94. The lowest BCUT2D eigenvalue weighted by atomic mass is 9.92. The van der Waals surface area contributed by atoms with Crippen molar-refractivity contribution in [2.75, 3.05) is 0 Å². The van der Waals surface area contributed by atoms with Crippen molar-refractivity contribution in [1.82, 2.24) is 10.9 Å². The van der Waals surface area contributed by atoms with Gasteiger partial charge in [-0.3, -0.25) is 5.43 Å². The highest BCUT2D eigenvalue weighted by Gasteiger charge is 2.31. The summed E-state index contributed by atoms with van der Waals surface area (Å²) in [6, 6.07) is 8.18. The van der Waals surface area contributed by atoms with Crippen LogP contribution >= 0.6 is 24.0 Å². The Morgan fingerprint density at radius 3 is 2.60 bits per heavy atom. The molecule has 0 radical (unpaired) electrons. The quantitative estimate of drug-likeness (QED) is 0.708. The van der Waals surface area contributed by atoms with Gasteiger partial charge in [-0.15, -0.1) is 12.4 Å². The molecule has 84 valence electrons. The van der Waals surface area contributed by atoms with Gasteiger partial charge in [0.15, 0.2) is 0 Å². The van der Waals surface area contributed by atoms with Crippen LogP contribution in [0.3, 0.4) is 0 Å². The van der Waals surface area contributed by atoms with Gasteiger partial charge < -0.3 is 5.73 Å². The Balaban J connectivity index is 0.00000112. The summed E-state index contributed by atoms with van der Waals surface area (Å²) in [6.07, 6.45) is -0.0523. The van der Waals surface area contributed by atoms with Crippen molar-refractivity contribution >= 4 is 24.0 Å². The van der Waals surface area contributed by atoms with Crippen LogP contribution in [0, 0.1) is 0 Å². The summed E-state index contributed by atoms with van der Waals surface area (Å²) in [6.45, 7) is 2.10. The van der Waals surface area contributed by atoms with Gasteiger partial charge in [-0.25, -0.2) is 5.43 Å². The monoisotopic (exact) mass is 247 g/mol. The standard InChI is InChI=1S/C10H14ClN3.ClH/c1-6-9(10(12)14-13-6)7-3-2-4-8(11)5-7;/h2-6,9-10,13-14H,12H2,1H3;1H. The Bertz CT molecular complexity index is 322. The van der Waals surface area contributed by atoms with Crippen LogP contribution in [-0.4, -0.2) is 12.2 Å². The van der Waals surface area contributed by atoms with Crippen LogP contribution in [0.5, 0.6) is 0 Å². The van der Waals surface area contributed by atoms with E-state index in [1.807, 2.05) is 18.2 Å². The maximum atomic E-state index is 5.94. The van der Waals surface area contributed by atoms with Gasteiger partial charge >= 0.3 is 0 Å². The van der Waals surface area contributed by atoms with Gasteiger partial charge in [-0.1, -0.05) is 23.7 Å². The Morgan fingerprint density at radius 1 is 1.33 bits per heavy atom. The fourth-order valence-electron chi connectivity index (χ4n) is 1.93.